The lowest BCUT2D eigenvalue weighted by molar-refractivity contribution is 0.111. The molecule has 0 bridgehead atoms. The van der Waals surface area contributed by atoms with Crippen LogP contribution in [0.1, 0.15) is 27.3 Å². The predicted molar refractivity (Wildman–Crippen MR) is 65.9 cm³/mol. The SMILES string of the molecule is Cc1[nH]c(C=O)c(C)c1C#C[Si](C)(C)C. The third-order valence-electron chi connectivity index (χ3n) is 2.16. The molecule has 0 aliphatic rings. The van der Waals surface area contributed by atoms with Crippen LogP contribution in [0.5, 0.6) is 0 Å². The zero-order valence-electron chi connectivity index (χ0n) is 9.99. The molecule has 0 spiro atoms. The minimum atomic E-state index is -1.35. The van der Waals surface area contributed by atoms with Gasteiger partial charge >= 0.3 is 0 Å². The van der Waals surface area contributed by atoms with Gasteiger partial charge in [0.15, 0.2) is 6.29 Å². The second-order valence-electron chi connectivity index (χ2n) is 4.78. The van der Waals surface area contributed by atoms with Crippen molar-refractivity contribution in [3.8, 4) is 11.5 Å². The molecule has 0 aliphatic carbocycles. The van der Waals surface area contributed by atoms with Crippen molar-refractivity contribution in [1.29, 1.82) is 0 Å². The fraction of sp³-hybridized carbons (Fsp3) is 0.417. The minimum absolute atomic E-state index is 0.646. The number of hydrogen-bond acceptors (Lipinski definition) is 1. The van der Waals surface area contributed by atoms with Gasteiger partial charge in [0.25, 0.3) is 0 Å². The van der Waals surface area contributed by atoms with Crippen molar-refractivity contribution in [3.05, 3.63) is 22.5 Å². The van der Waals surface area contributed by atoms with Crippen molar-refractivity contribution in [1.82, 2.24) is 4.98 Å². The lowest BCUT2D eigenvalue weighted by Gasteiger charge is -2.03. The second kappa shape index (κ2) is 4.07. The Bertz CT molecular complexity index is 441. The first kappa shape index (κ1) is 11.8. The third kappa shape index (κ3) is 2.84. The molecule has 1 aromatic rings. The topological polar surface area (TPSA) is 32.9 Å². The average Bonchev–Trinajstić information content (AvgIpc) is 2.37. The summed E-state index contributed by atoms with van der Waals surface area (Å²) in [5.74, 6) is 3.20. The molecular formula is C12H17NOSi. The van der Waals surface area contributed by atoms with Gasteiger partial charge in [-0.1, -0.05) is 25.6 Å². The Balaban J connectivity index is 3.20. The fourth-order valence-electron chi connectivity index (χ4n) is 1.33. The van der Waals surface area contributed by atoms with Crippen molar-refractivity contribution < 1.29 is 4.79 Å². The molecule has 1 N–H and O–H groups in total. The molecule has 2 nitrogen and oxygen atoms in total. The Morgan fingerprint density at radius 3 is 2.27 bits per heavy atom. The normalized spacial score (nSPS) is 10.7. The number of rotatable bonds is 1. The number of H-pyrrole nitrogens is 1. The molecule has 0 radical (unpaired) electrons. The molecule has 0 aliphatic heterocycles. The van der Waals surface area contributed by atoms with E-state index in [0.717, 1.165) is 23.1 Å². The summed E-state index contributed by atoms with van der Waals surface area (Å²) in [4.78, 5) is 13.8. The van der Waals surface area contributed by atoms with Gasteiger partial charge in [-0.3, -0.25) is 4.79 Å². The van der Waals surface area contributed by atoms with Crippen LogP contribution in [0.4, 0.5) is 0 Å². The molecule has 0 unspecified atom stereocenters. The number of aromatic amines is 1. The monoisotopic (exact) mass is 219 g/mol. The van der Waals surface area contributed by atoms with E-state index in [0.29, 0.717) is 5.69 Å². The maximum absolute atomic E-state index is 10.7. The summed E-state index contributed by atoms with van der Waals surface area (Å²) in [7, 11) is -1.35. The van der Waals surface area contributed by atoms with Gasteiger partial charge in [0.05, 0.1) is 5.69 Å². The number of carbonyl (C=O) groups is 1. The molecular weight excluding hydrogens is 202 g/mol. The largest absolute Gasteiger partial charge is 0.355 e. The van der Waals surface area contributed by atoms with Crippen molar-refractivity contribution >= 4 is 14.4 Å². The summed E-state index contributed by atoms with van der Waals surface area (Å²) < 4.78 is 0. The van der Waals surface area contributed by atoms with E-state index in [1.165, 1.54) is 0 Å². The highest BCUT2D eigenvalue weighted by Crippen LogP contribution is 2.15. The molecule has 80 valence electrons. The molecule has 0 aromatic carbocycles. The number of nitrogens with one attached hydrogen (secondary N) is 1. The second-order valence-corrected chi connectivity index (χ2v) is 9.53. The van der Waals surface area contributed by atoms with E-state index >= 15 is 0 Å². The maximum Gasteiger partial charge on any atom is 0.166 e. The number of aromatic nitrogens is 1. The summed E-state index contributed by atoms with van der Waals surface area (Å²) >= 11 is 0. The van der Waals surface area contributed by atoms with Crippen LogP contribution in [0, 0.1) is 25.3 Å². The molecule has 1 rings (SSSR count). The Morgan fingerprint density at radius 2 is 1.87 bits per heavy atom. The summed E-state index contributed by atoms with van der Waals surface area (Å²) in [6, 6.07) is 0. The highest BCUT2D eigenvalue weighted by molar-refractivity contribution is 6.83. The van der Waals surface area contributed by atoms with E-state index in [1.54, 1.807) is 0 Å². The van der Waals surface area contributed by atoms with Crippen molar-refractivity contribution in [3.63, 3.8) is 0 Å². The maximum atomic E-state index is 10.7. The number of aldehydes is 1. The molecule has 1 heterocycles. The fourth-order valence-corrected chi connectivity index (χ4v) is 1.83. The van der Waals surface area contributed by atoms with E-state index in [4.69, 9.17) is 0 Å². The summed E-state index contributed by atoms with van der Waals surface area (Å²) in [5, 5.41) is 0. The van der Waals surface area contributed by atoms with Gasteiger partial charge in [0, 0.05) is 11.3 Å². The van der Waals surface area contributed by atoms with E-state index in [2.05, 4.69) is 36.1 Å². The van der Waals surface area contributed by atoms with Crippen molar-refractivity contribution in [2.24, 2.45) is 0 Å². The zero-order chi connectivity index (χ0) is 11.6. The van der Waals surface area contributed by atoms with Crippen LogP contribution in [-0.4, -0.2) is 19.3 Å². The quantitative estimate of drug-likeness (QED) is 0.440. The van der Waals surface area contributed by atoms with Gasteiger partial charge in [-0.05, 0) is 19.4 Å². The lowest BCUT2D eigenvalue weighted by atomic mass is 10.1. The van der Waals surface area contributed by atoms with Crippen LogP contribution < -0.4 is 0 Å². The van der Waals surface area contributed by atoms with Crippen molar-refractivity contribution in [2.45, 2.75) is 33.5 Å². The molecule has 15 heavy (non-hydrogen) atoms. The van der Waals surface area contributed by atoms with Crippen LogP contribution in [0.15, 0.2) is 0 Å². The number of hydrogen-bond donors (Lipinski definition) is 1. The zero-order valence-corrected chi connectivity index (χ0v) is 11.0. The van der Waals surface area contributed by atoms with Crippen LogP contribution in [0.25, 0.3) is 0 Å². The standard InChI is InChI=1S/C12H17NOSi/c1-9-11(6-7-15(3,4)5)10(2)13-12(9)8-14/h8,13H,1-5H3. The molecule has 0 saturated carbocycles. The number of aryl methyl sites for hydroxylation is 1. The van der Waals surface area contributed by atoms with Gasteiger partial charge in [0.1, 0.15) is 8.07 Å². The van der Waals surface area contributed by atoms with Gasteiger partial charge in [0.2, 0.25) is 0 Å². The number of carbonyl (C=O) groups excluding carboxylic acids is 1. The van der Waals surface area contributed by atoms with Crippen LogP contribution in [-0.2, 0) is 0 Å². The molecule has 0 fully saturated rings. The van der Waals surface area contributed by atoms with Gasteiger partial charge < -0.3 is 4.98 Å². The van der Waals surface area contributed by atoms with Crippen LogP contribution >= 0.6 is 0 Å². The molecule has 1 aromatic heterocycles. The Morgan fingerprint density at radius 1 is 1.27 bits per heavy atom. The first-order valence-corrected chi connectivity index (χ1v) is 8.52. The van der Waals surface area contributed by atoms with Gasteiger partial charge in [-0.25, -0.2) is 0 Å². The highest BCUT2D eigenvalue weighted by Gasteiger charge is 2.11. The smallest absolute Gasteiger partial charge is 0.166 e. The first-order chi connectivity index (χ1) is 6.85. The Hall–Kier alpha value is -1.27. The minimum Gasteiger partial charge on any atom is -0.355 e. The van der Waals surface area contributed by atoms with E-state index in [-0.39, 0.29) is 0 Å². The predicted octanol–water partition coefficient (Wildman–Crippen LogP) is 2.67. The van der Waals surface area contributed by atoms with Crippen LogP contribution in [0.3, 0.4) is 0 Å². The van der Waals surface area contributed by atoms with E-state index < -0.39 is 8.07 Å². The molecule has 3 heteroatoms. The molecule has 0 atom stereocenters. The third-order valence-corrected chi connectivity index (χ3v) is 3.03. The van der Waals surface area contributed by atoms with Crippen LogP contribution in [0.2, 0.25) is 19.6 Å². The van der Waals surface area contributed by atoms with Crippen molar-refractivity contribution in [2.75, 3.05) is 0 Å². The van der Waals surface area contributed by atoms with E-state index in [9.17, 15) is 4.79 Å². The lowest BCUT2D eigenvalue weighted by Crippen LogP contribution is -2.16. The first-order valence-electron chi connectivity index (χ1n) is 5.02. The molecule has 0 amide bonds. The summed E-state index contributed by atoms with van der Waals surface area (Å²) in [5.41, 5.74) is 6.89. The molecule has 0 saturated heterocycles. The summed E-state index contributed by atoms with van der Waals surface area (Å²) in [6.07, 6.45) is 0.849. The Labute approximate surface area is 92.1 Å². The van der Waals surface area contributed by atoms with Gasteiger partial charge in [-0.2, -0.15) is 0 Å². The summed E-state index contributed by atoms with van der Waals surface area (Å²) in [6.45, 7) is 10.5. The van der Waals surface area contributed by atoms with Gasteiger partial charge in [-0.15, -0.1) is 5.54 Å². The average molecular weight is 219 g/mol. The van der Waals surface area contributed by atoms with E-state index in [1.807, 2.05) is 13.8 Å². The Kier molecular flexibility index (Phi) is 3.20. The highest BCUT2D eigenvalue weighted by atomic mass is 28.3.